The van der Waals surface area contributed by atoms with E-state index in [-0.39, 0.29) is 5.69 Å². The Morgan fingerprint density at radius 3 is 2.43 bits per heavy atom. The van der Waals surface area contributed by atoms with Crippen molar-refractivity contribution in [1.82, 2.24) is 15.8 Å². The molecule has 2 amide bonds. The molecule has 0 fully saturated rings. The first kappa shape index (κ1) is 14.3. The second kappa shape index (κ2) is 6.90. The molecule has 0 unspecified atom stereocenters. The number of hydrogen-bond acceptors (Lipinski definition) is 4. The molecule has 0 atom stereocenters. The number of nitrogens with one attached hydrogen (secondary N) is 3. The molecule has 0 bridgehead atoms. The van der Waals surface area contributed by atoms with Crippen molar-refractivity contribution in [2.24, 2.45) is 0 Å². The molecule has 2 rings (SSSR count). The molecule has 7 nitrogen and oxygen atoms in total. The van der Waals surface area contributed by atoms with Crippen molar-refractivity contribution >= 4 is 17.8 Å². The third-order valence-electron chi connectivity index (χ3n) is 2.50. The van der Waals surface area contributed by atoms with Crippen molar-refractivity contribution in [1.29, 1.82) is 0 Å². The Kier molecular flexibility index (Phi) is 4.70. The zero-order chi connectivity index (χ0) is 15.1. The Labute approximate surface area is 120 Å². The molecule has 1 heterocycles. The number of carbonyl (C=O) groups excluding carboxylic acids is 3. The maximum Gasteiger partial charge on any atom is 0.355 e. The van der Waals surface area contributed by atoms with E-state index in [1.807, 2.05) is 0 Å². The standard InChI is InChI=1S/C14H13N3O4/c18-12(9-21-14(20)11-7-4-8-15-11)16-17-13(19)10-5-2-1-3-6-10/h1-8,15H,9H2,(H,16,18)(H,17,19). The first-order chi connectivity index (χ1) is 10.2. The molecule has 1 aromatic carbocycles. The Balaban J connectivity index is 1.73. The minimum absolute atomic E-state index is 0.246. The molecule has 0 aliphatic rings. The molecular formula is C14H13N3O4. The Bertz CT molecular complexity index is 623. The van der Waals surface area contributed by atoms with E-state index in [0.717, 1.165) is 0 Å². The first-order valence-corrected chi connectivity index (χ1v) is 6.11. The highest BCUT2D eigenvalue weighted by atomic mass is 16.5. The summed E-state index contributed by atoms with van der Waals surface area (Å²) < 4.78 is 4.75. The van der Waals surface area contributed by atoms with Gasteiger partial charge in [0.1, 0.15) is 5.69 Å². The summed E-state index contributed by atoms with van der Waals surface area (Å²) in [6.07, 6.45) is 1.57. The third-order valence-corrected chi connectivity index (χ3v) is 2.50. The van der Waals surface area contributed by atoms with E-state index >= 15 is 0 Å². The Hall–Kier alpha value is -3.09. The molecule has 0 saturated heterocycles. The molecule has 3 N–H and O–H groups in total. The van der Waals surface area contributed by atoms with Crippen molar-refractivity contribution in [2.45, 2.75) is 0 Å². The van der Waals surface area contributed by atoms with E-state index in [1.165, 1.54) is 6.07 Å². The molecule has 0 radical (unpaired) electrons. The van der Waals surface area contributed by atoms with Crippen LogP contribution in [0.3, 0.4) is 0 Å². The number of ether oxygens (including phenoxy) is 1. The summed E-state index contributed by atoms with van der Waals surface area (Å²) in [4.78, 5) is 37.2. The van der Waals surface area contributed by atoms with Crippen LogP contribution >= 0.6 is 0 Å². The van der Waals surface area contributed by atoms with Crippen molar-refractivity contribution in [3.63, 3.8) is 0 Å². The van der Waals surface area contributed by atoms with Crippen LogP contribution in [-0.2, 0) is 9.53 Å². The first-order valence-electron chi connectivity index (χ1n) is 6.11. The van der Waals surface area contributed by atoms with Gasteiger partial charge in [-0.25, -0.2) is 4.79 Å². The molecule has 108 valence electrons. The van der Waals surface area contributed by atoms with Crippen LogP contribution in [0.4, 0.5) is 0 Å². The van der Waals surface area contributed by atoms with Gasteiger partial charge in [0.05, 0.1) is 0 Å². The number of amides is 2. The fourth-order valence-electron chi connectivity index (χ4n) is 1.49. The normalized spacial score (nSPS) is 9.71. The van der Waals surface area contributed by atoms with Gasteiger partial charge >= 0.3 is 5.97 Å². The fourth-order valence-corrected chi connectivity index (χ4v) is 1.49. The maximum absolute atomic E-state index is 11.6. The number of hydrazine groups is 1. The van der Waals surface area contributed by atoms with Gasteiger partial charge in [0.15, 0.2) is 6.61 Å². The summed E-state index contributed by atoms with van der Waals surface area (Å²) in [7, 11) is 0. The van der Waals surface area contributed by atoms with Crippen molar-refractivity contribution < 1.29 is 19.1 Å². The summed E-state index contributed by atoms with van der Waals surface area (Å²) in [6.45, 7) is -0.493. The van der Waals surface area contributed by atoms with Gasteiger partial charge in [0.2, 0.25) is 0 Å². The van der Waals surface area contributed by atoms with Crippen molar-refractivity contribution in [3.8, 4) is 0 Å². The van der Waals surface area contributed by atoms with Crippen LogP contribution in [0.25, 0.3) is 0 Å². The average Bonchev–Trinajstić information content (AvgIpc) is 3.05. The number of carbonyl (C=O) groups is 3. The number of hydrogen-bond donors (Lipinski definition) is 3. The molecule has 0 aliphatic heterocycles. The second-order valence-electron chi connectivity index (χ2n) is 4.03. The number of aromatic nitrogens is 1. The lowest BCUT2D eigenvalue weighted by Crippen LogP contribution is -2.43. The van der Waals surface area contributed by atoms with E-state index in [4.69, 9.17) is 4.74 Å². The highest BCUT2D eigenvalue weighted by Gasteiger charge is 2.11. The number of esters is 1. The molecular weight excluding hydrogens is 274 g/mol. The molecule has 2 aromatic rings. The van der Waals surface area contributed by atoms with E-state index < -0.39 is 24.4 Å². The van der Waals surface area contributed by atoms with Crippen molar-refractivity contribution in [3.05, 3.63) is 59.9 Å². The summed E-state index contributed by atoms with van der Waals surface area (Å²) in [5.41, 5.74) is 5.03. The van der Waals surface area contributed by atoms with Gasteiger partial charge in [-0.3, -0.25) is 20.4 Å². The molecule has 1 aromatic heterocycles. The van der Waals surface area contributed by atoms with Gasteiger partial charge in [-0.05, 0) is 24.3 Å². The monoisotopic (exact) mass is 287 g/mol. The average molecular weight is 287 g/mol. The van der Waals surface area contributed by atoms with Crippen LogP contribution in [0.2, 0.25) is 0 Å². The minimum atomic E-state index is -0.649. The zero-order valence-electron chi connectivity index (χ0n) is 11.0. The van der Waals surface area contributed by atoms with Gasteiger partial charge in [-0.1, -0.05) is 18.2 Å². The smallest absolute Gasteiger partial charge is 0.355 e. The highest BCUT2D eigenvalue weighted by molar-refractivity contribution is 5.95. The van der Waals surface area contributed by atoms with Gasteiger partial charge < -0.3 is 9.72 Å². The lowest BCUT2D eigenvalue weighted by atomic mass is 10.2. The molecule has 7 heteroatoms. The Morgan fingerprint density at radius 2 is 1.76 bits per heavy atom. The third kappa shape index (κ3) is 4.20. The highest BCUT2D eigenvalue weighted by Crippen LogP contribution is 1.98. The van der Waals surface area contributed by atoms with Crippen molar-refractivity contribution in [2.75, 3.05) is 6.61 Å². The van der Waals surface area contributed by atoms with E-state index in [9.17, 15) is 14.4 Å². The van der Waals surface area contributed by atoms with Crippen LogP contribution in [-0.4, -0.2) is 29.4 Å². The molecule has 21 heavy (non-hydrogen) atoms. The number of H-pyrrole nitrogens is 1. The predicted molar refractivity (Wildman–Crippen MR) is 73.1 cm³/mol. The van der Waals surface area contributed by atoms with E-state index in [1.54, 1.807) is 42.6 Å². The van der Waals surface area contributed by atoms with Crippen LogP contribution in [0, 0.1) is 0 Å². The van der Waals surface area contributed by atoms with Gasteiger partial charge in [-0.15, -0.1) is 0 Å². The topological polar surface area (TPSA) is 100 Å². The summed E-state index contributed by atoms with van der Waals surface area (Å²) in [5, 5.41) is 0. The van der Waals surface area contributed by atoms with E-state index in [0.29, 0.717) is 5.56 Å². The van der Waals surface area contributed by atoms with Crippen LogP contribution in [0.5, 0.6) is 0 Å². The largest absolute Gasteiger partial charge is 0.451 e. The maximum atomic E-state index is 11.6. The molecule has 0 spiro atoms. The summed E-state index contributed by atoms with van der Waals surface area (Å²) in [6, 6.07) is 11.5. The summed E-state index contributed by atoms with van der Waals surface area (Å²) >= 11 is 0. The Morgan fingerprint density at radius 1 is 1.00 bits per heavy atom. The number of aromatic amines is 1. The molecule has 0 aliphatic carbocycles. The number of rotatable bonds is 4. The quantitative estimate of drug-likeness (QED) is 0.567. The van der Waals surface area contributed by atoms with Crippen LogP contribution < -0.4 is 10.9 Å². The minimum Gasteiger partial charge on any atom is -0.451 e. The van der Waals surface area contributed by atoms with E-state index in [2.05, 4.69) is 15.8 Å². The lowest BCUT2D eigenvalue weighted by Gasteiger charge is -2.07. The van der Waals surface area contributed by atoms with Gasteiger partial charge in [0, 0.05) is 11.8 Å². The van der Waals surface area contributed by atoms with Gasteiger partial charge in [-0.2, -0.15) is 0 Å². The van der Waals surface area contributed by atoms with Crippen LogP contribution in [0.1, 0.15) is 20.8 Å². The second-order valence-corrected chi connectivity index (χ2v) is 4.03. The van der Waals surface area contributed by atoms with Crippen LogP contribution in [0.15, 0.2) is 48.7 Å². The predicted octanol–water partition coefficient (Wildman–Crippen LogP) is 0.633. The SMILES string of the molecule is O=C(COC(=O)c1ccc[nH]1)NNC(=O)c1ccccc1. The zero-order valence-corrected chi connectivity index (χ0v) is 11.0. The molecule has 0 saturated carbocycles. The summed E-state index contributed by atoms with van der Waals surface area (Å²) in [5.74, 6) is -1.75. The lowest BCUT2D eigenvalue weighted by molar-refractivity contribution is -0.125. The number of benzene rings is 1. The fraction of sp³-hybridized carbons (Fsp3) is 0.0714. The van der Waals surface area contributed by atoms with Gasteiger partial charge in [0.25, 0.3) is 11.8 Å².